The van der Waals surface area contributed by atoms with E-state index in [1.54, 1.807) is 20.3 Å². The highest BCUT2D eigenvalue weighted by Crippen LogP contribution is 2.35. The van der Waals surface area contributed by atoms with E-state index < -0.39 is 0 Å². The van der Waals surface area contributed by atoms with Gasteiger partial charge in [0, 0.05) is 6.54 Å². The average Bonchev–Trinajstić information content (AvgIpc) is 3.19. The largest absolute Gasteiger partial charge is 0.481 e. The van der Waals surface area contributed by atoms with Gasteiger partial charge in [0.2, 0.25) is 17.7 Å². The lowest BCUT2D eigenvalue weighted by Gasteiger charge is -2.11. The SMILES string of the molecule is COc1cc(OC)nc(NCC(Cl)C2CC2)n1. The summed E-state index contributed by atoms with van der Waals surface area (Å²) >= 11 is 6.19. The van der Waals surface area contributed by atoms with Crippen molar-refractivity contribution in [2.75, 3.05) is 26.1 Å². The van der Waals surface area contributed by atoms with Gasteiger partial charge in [0.25, 0.3) is 0 Å². The first-order valence-corrected chi connectivity index (χ1v) is 6.01. The molecule has 1 aromatic rings. The summed E-state index contributed by atoms with van der Waals surface area (Å²) in [5, 5.41) is 3.24. The van der Waals surface area contributed by atoms with Gasteiger partial charge in [-0.05, 0) is 18.8 Å². The molecule has 94 valence electrons. The normalized spacial score (nSPS) is 16.4. The van der Waals surface area contributed by atoms with E-state index >= 15 is 0 Å². The molecule has 1 saturated carbocycles. The van der Waals surface area contributed by atoms with Crippen molar-refractivity contribution >= 4 is 17.5 Å². The summed E-state index contributed by atoms with van der Waals surface area (Å²) in [4.78, 5) is 8.34. The number of methoxy groups -OCH3 is 2. The molecule has 1 unspecified atom stereocenters. The predicted octanol–water partition coefficient (Wildman–Crippen LogP) is 1.92. The number of nitrogens with zero attached hydrogens (tertiary/aromatic N) is 2. The van der Waals surface area contributed by atoms with Crippen molar-refractivity contribution in [2.24, 2.45) is 5.92 Å². The van der Waals surface area contributed by atoms with Crippen LogP contribution in [0.1, 0.15) is 12.8 Å². The molecule has 5 nitrogen and oxygen atoms in total. The maximum absolute atomic E-state index is 6.19. The fourth-order valence-corrected chi connectivity index (χ4v) is 1.83. The lowest BCUT2D eigenvalue weighted by molar-refractivity contribution is 0.373. The quantitative estimate of drug-likeness (QED) is 0.789. The van der Waals surface area contributed by atoms with Gasteiger partial charge in [0.05, 0.1) is 25.7 Å². The molecule has 17 heavy (non-hydrogen) atoms. The van der Waals surface area contributed by atoms with E-state index in [4.69, 9.17) is 21.1 Å². The number of alkyl halides is 1. The Labute approximate surface area is 105 Å². The number of ether oxygens (including phenoxy) is 2. The Bertz CT molecular complexity index is 363. The zero-order valence-corrected chi connectivity index (χ0v) is 10.7. The predicted molar refractivity (Wildman–Crippen MR) is 66.0 cm³/mol. The van der Waals surface area contributed by atoms with Crippen LogP contribution in [-0.4, -0.2) is 36.1 Å². The molecule has 0 aliphatic heterocycles. The third kappa shape index (κ3) is 3.36. The van der Waals surface area contributed by atoms with Gasteiger partial charge in [0.15, 0.2) is 0 Å². The lowest BCUT2D eigenvalue weighted by Crippen LogP contribution is -2.17. The fourth-order valence-electron chi connectivity index (χ4n) is 1.51. The van der Waals surface area contributed by atoms with Crippen molar-refractivity contribution < 1.29 is 9.47 Å². The molecule has 1 aliphatic carbocycles. The first kappa shape index (κ1) is 12.2. The second-order valence-corrected chi connectivity index (χ2v) is 4.57. The molecule has 0 radical (unpaired) electrons. The Balaban J connectivity index is 1.98. The maximum Gasteiger partial charge on any atom is 0.229 e. The van der Waals surface area contributed by atoms with Crippen LogP contribution in [0.4, 0.5) is 5.95 Å². The molecule has 0 amide bonds. The van der Waals surface area contributed by atoms with Crippen LogP contribution in [0.15, 0.2) is 6.07 Å². The van der Waals surface area contributed by atoms with Gasteiger partial charge in [-0.1, -0.05) is 0 Å². The Morgan fingerprint density at radius 3 is 2.41 bits per heavy atom. The average molecular weight is 258 g/mol. The topological polar surface area (TPSA) is 56.3 Å². The molecule has 0 spiro atoms. The number of hydrogen-bond donors (Lipinski definition) is 1. The highest BCUT2D eigenvalue weighted by molar-refractivity contribution is 6.21. The highest BCUT2D eigenvalue weighted by Gasteiger charge is 2.29. The van der Waals surface area contributed by atoms with Gasteiger partial charge in [-0.25, -0.2) is 0 Å². The second-order valence-electron chi connectivity index (χ2n) is 4.01. The molecule has 0 bridgehead atoms. The Hall–Kier alpha value is -1.23. The molecule has 1 atom stereocenters. The summed E-state index contributed by atoms with van der Waals surface area (Å²) in [5.41, 5.74) is 0. The summed E-state index contributed by atoms with van der Waals surface area (Å²) < 4.78 is 10.1. The Morgan fingerprint density at radius 2 is 1.94 bits per heavy atom. The molecule has 1 N–H and O–H groups in total. The summed E-state index contributed by atoms with van der Waals surface area (Å²) in [5.74, 6) is 2.05. The monoisotopic (exact) mass is 257 g/mol. The molecule has 1 fully saturated rings. The number of halogens is 1. The Kier molecular flexibility index (Phi) is 3.89. The zero-order chi connectivity index (χ0) is 12.3. The maximum atomic E-state index is 6.19. The number of aromatic nitrogens is 2. The van der Waals surface area contributed by atoms with Crippen molar-refractivity contribution in [2.45, 2.75) is 18.2 Å². The molecule has 0 aromatic carbocycles. The molecule has 6 heteroatoms. The zero-order valence-electron chi connectivity index (χ0n) is 9.94. The van der Waals surface area contributed by atoms with E-state index in [1.165, 1.54) is 12.8 Å². The smallest absolute Gasteiger partial charge is 0.229 e. The molecule has 1 heterocycles. The van der Waals surface area contributed by atoms with Crippen LogP contribution in [0.5, 0.6) is 11.8 Å². The minimum Gasteiger partial charge on any atom is -0.481 e. The minimum atomic E-state index is 0.135. The summed E-state index contributed by atoms with van der Waals surface area (Å²) in [6, 6.07) is 1.63. The van der Waals surface area contributed by atoms with Crippen molar-refractivity contribution in [3.63, 3.8) is 0 Å². The first-order chi connectivity index (χ1) is 8.22. The molecular weight excluding hydrogens is 242 g/mol. The molecule has 1 aliphatic rings. The highest BCUT2D eigenvalue weighted by atomic mass is 35.5. The van der Waals surface area contributed by atoms with E-state index in [0.717, 1.165) is 0 Å². The van der Waals surface area contributed by atoms with E-state index in [-0.39, 0.29) is 5.38 Å². The van der Waals surface area contributed by atoms with Crippen LogP contribution in [0.25, 0.3) is 0 Å². The van der Waals surface area contributed by atoms with Gasteiger partial charge in [-0.2, -0.15) is 9.97 Å². The molecule has 1 aromatic heterocycles. The van der Waals surface area contributed by atoms with Crippen LogP contribution in [0.2, 0.25) is 0 Å². The molecular formula is C11H16ClN3O2. The van der Waals surface area contributed by atoms with E-state index in [1.807, 2.05) is 0 Å². The fraction of sp³-hybridized carbons (Fsp3) is 0.636. The molecule has 2 rings (SSSR count). The Morgan fingerprint density at radius 1 is 1.35 bits per heavy atom. The summed E-state index contributed by atoms with van der Waals surface area (Å²) in [7, 11) is 3.11. The summed E-state index contributed by atoms with van der Waals surface area (Å²) in [6.45, 7) is 0.655. The van der Waals surface area contributed by atoms with Gasteiger partial charge in [-0.3, -0.25) is 0 Å². The molecule has 0 saturated heterocycles. The van der Waals surface area contributed by atoms with Gasteiger partial charge >= 0.3 is 0 Å². The van der Waals surface area contributed by atoms with Crippen LogP contribution in [-0.2, 0) is 0 Å². The minimum absolute atomic E-state index is 0.135. The van der Waals surface area contributed by atoms with Crippen LogP contribution in [0, 0.1) is 5.92 Å². The number of rotatable bonds is 6. The van der Waals surface area contributed by atoms with Crippen molar-refractivity contribution in [3.05, 3.63) is 6.07 Å². The second kappa shape index (κ2) is 5.40. The van der Waals surface area contributed by atoms with Crippen LogP contribution in [0.3, 0.4) is 0 Å². The number of anilines is 1. The van der Waals surface area contributed by atoms with Crippen molar-refractivity contribution in [1.29, 1.82) is 0 Å². The standard InChI is InChI=1S/C11H16ClN3O2/c1-16-9-5-10(17-2)15-11(14-9)13-6-8(12)7-3-4-7/h5,7-8H,3-4,6H2,1-2H3,(H,13,14,15). The van der Waals surface area contributed by atoms with Gasteiger partial charge < -0.3 is 14.8 Å². The van der Waals surface area contributed by atoms with E-state index in [2.05, 4.69) is 15.3 Å². The lowest BCUT2D eigenvalue weighted by atomic mass is 10.3. The van der Waals surface area contributed by atoms with Gasteiger partial charge in [-0.15, -0.1) is 11.6 Å². The van der Waals surface area contributed by atoms with Gasteiger partial charge in [0.1, 0.15) is 0 Å². The van der Waals surface area contributed by atoms with Crippen molar-refractivity contribution in [1.82, 2.24) is 9.97 Å². The summed E-state index contributed by atoms with van der Waals surface area (Å²) in [6.07, 6.45) is 2.44. The van der Waals surface area contributed by atoms with Crippen molar-refractivity contribution in [3.8, 4) is 11.8 Å². The van der Waals surface area contributed by atoms with Crippen LogP contribution >= 0.6 is 11.6 Å². The van der Waals surface area contributed by atoms with E-state index in [9.17, 15) is 0 Å². The third-order valence-corrected chi connectivity index (χ3v) is 3.20. The number of hydrogen-bond acceptors (Lipinski definition) is 5. The van der Waals surface area contributed by atoms with Crippen LogP contribution < -0.4 is 14.8 Å². The third-order valence-electron chi connectivity index (χ3n) is 2.69. The number of nitrogens with one attached hydrogen (secondary N) is 1. The van der Waals surface area contributed by atoms with E-state index in [0.29, 0.717) is 30.2 Å². The first-order valence-electron chi connectivity index (χ1n) is 5.58.